The van der Waals surface area contributed by atoms with E-state index in [0.717, 1.165) is 11.1 Å². The van der Waals surface area contributed by atoms with Gasteiger partial charge in [0.25, 0.3) is 0 Å². The quantitative estimate of drug-likeness (QED) is 0.711. The number of aryl methyl sites for hydroxylation is 1. The van der Waals surface area contributed by atoms with E-state index in [-0.39, 0.29) is 5.75 Å². The molecule has 0 spiro atoms. The molecular formula is C10H13NOS. The molecule has 0 aliphatic carbocycles. The van der Waals surface area contributed by atoms with Crippen molar-refractivity contribution < 1.29 is 5.11 Å². The Morgan fingerprint density at radius 2 is 2.31 bits per heavy atom. The van der Waals surface area contributed by atoms with Gasteiger partial charge in [0.2, 0.25) is 0 Å². The summed E-state index contributed by atoms with van der Waals surface area (Å²) in [5.74, 6) is 0.778. The second kappa shape index (κ2) is 4.33. The number of pyridine rings is 1. The smallest absolute Gasteiger partial charge is 0.141 e. The molecule has 70 valence electrons. The number of aromatic hydroxyl groups is 1. The molecule has 0 amide bonds. The monoisotopic (exact) mass is 195 g/mol. The third-order valence-corrected chi connectivity index (χ3v) is 2.19. The van der Waals surface area contributed by atoms with Crippen molar-refractivity contribution in [3.05, 3.63) is 29.1 Å². The van der Waals surface area contributed by atoms with Crippen molar-refractivity contribution >= 4 is 18.7 Å². The predicted molar refractivity (Wildman–Crippen MR) is 58.0 cm³/mol. The van der Waals surface area contributed by atoms with E-state index < -0.39 is 0 Å². The van der Waals surface area contributed by atoms with Gasteiger partial charge >= 0.3 is 0 Å². The molecule has 0 aromatic carbocycles. The first-order valence-corrected chi connectivity index (χ1v) is 4.75. The maximum atomic E-state index is 9.66. The minimum atomic E-state index is 0.255. The average Bonchev–Trinajstić information content (AvgIpc) is 2.12. The van der Waals surface area contributed by atoms with Crippen LogP contribution in [0.2, 0.25) is 0 Å². The normalized spacial score (nSPS) is 11.0. The van der Waals surface area contributed by atoms with E-state index in [2.05, 4.69) is 17.6 Å². The number of hydrogen-bond donors (Lipinski definition) is 2. The zero-order valence-corrected chi connectivity index (χ0v) is 8.68. The number of thiol groups is 1. The molecule has 0 aliphatic heterocycles. The van der Waals surface area contributed by atoms with E-state index in [0.29, 0.717) is 11.4 Å². The lowest BCUT2D eigenvalue weighted by molar-refractivity contribution is 0.462. The highest BCUT2D eigenvalue weighted by Gasteiger charge is 2.07. The molecule has 0 aliphatic rings. The highest BCUT2D eigenvalue weighted by Crippen LogP contribution is 2.25. The lowest BCUT2D eigenvalue weighted by atomic mass is 10.1. The topological polar surface area (TPSA) is 33.1 Å². The molecule has 0 fully saturated rings. The summed E-state index contributed by atoms with van der Waals surface area (Å²) in [5, 5.41) is 9.66. The van der Waals surface area contributed by atoms with Crippen LogP contribution in [0.15, 0.2) is 12.3 Å². The van der Waals surface area contributed by atoms with Gasteiger partial charge in [0.05, 0.1) is 5.69 Å². The zero-order chi connectivity index (χ0) is 9.84. The number of hydrogen-bond acceptors (Lipinski definition) is 3. The predicted octanol–water partition coefficient (Wildman–Crippen LogP) is 2.56. The van der Waals surface area contributed by atoms with Gasteiger partial charge in [-0.2, -0.15) is 12.6 Å². The lowest BCUT2D eigenvalue weighted by Gasteiger charge is -2.07. The largest absolute Gasteiger partial charge is 0.506 e. The second-order valence-corrected chi connectivity index (χ2v) is 3.10. The molecule has 0 saturated carbocycles. The fraction of sp³-hybridized carbons (Fsp3) is 0.300. The maximum Gasteiger partial charge on any atom is 0.141 e. The van der Waals surface area contributed by atoms with Crippen molar-refractivity contribution in [3.63, 3.8) is 0 Å². The van der Waals surface area contributed by atoms with E-state index in [1.54, 1.807) is 13.1 Å². The molecule has 0 bridgehead atoms. The zero-order valence-electron chi connectivity index (χ0n) is 7.78. The van der Waals surface area contributed by atoms with Crippen LogP contribution in [0.5, 0.6) is 5.75 Å². The van der Waals surface area contributed by atoms with Crippen LogP contribution in [-0.2, 0) is 5.75 Å². The lowest BCUT2D eigenvalue weighted by Crippen LogP contribution is -1.92. The Balaban J connectivity index is 3.29. The summed E-state index contributed by atoms with van der Waals surface area (Å²) in [6.45, 7) is 3.71. The van der Waals surface area contributed by atoms with Crippen molar-refractivity contribution in [1.82, 2.24) is 4.98 Å². The first-order chi connectivity index (χ1) is 6.20. The fourth-order valence-electron chi connectivity index (χ4n) is 1.15. The standard InChI is InChI=1S/C10H13NOS/c1-3-4-8-5-11-7(2)10(12)9(8)6-13/h3-5,12-13H,6H2,1-2H3. The van der Waals surface area contributed by atoms with Crippen LogP contribution in [0, 0.1) is 6.92 Å². The summed E-state index contributed by atoms with van der Waals surface area (Å²) in [6, 6.07) is 0. The maximum absolute atomic E-state index is 9.66. The summed E-state index contributed by atoms with van der Waals surface area (Å²) in [6.07, 6.45) is 5.58. The Labute approximate surface area is 83.7 Å². The molecule has 1 aromatic rings. The van der Waals surface area contributed by atoms with Crippen LogP contribution in [-0.4, -0.2) is 10.1 Å². The van der Waals surface area contributed by atoms with Gasteiger partial charge < -0.3 is 5.11 Å². The SMILES string of the molecule is CC=Cc1cnc(C)c(O)c1CS. The van der Waals surface area contributed by atoms with Crippen molar-refractivity contribution in [1.29, 1.82) is 0 Å². The van der Waals surface area contributed by atoms with Crippen LogP contribution in [0.3, 0.4) is 0 Å². The van der Waals surface area contributed by atoms with Gasteiger partial charge in [-0.1, -0.05) is 12.2 Å². The molecule has 0 saturated heterocycles. The van der Waals surface area contributed by atoms with Gasteiger partial charge in [-0.25, -0.2) is 0 Å². The van der Waals surface area contributed by atoms with Crippen LogP contribution in [0.1, 0.15) is 23.7 Å². The Hall–Kier alpha value is -0.960. The first kappa shape index (κ1) is 10.1. The molecule has 0 unspecified atom stereocenters. The summed E-state index contributed by atoms with van der Waals surface area (Å²) in [5.41, 5.74) is 2.42. The van der Waals surface area contributed by atoms with E-state index in [9.17, 15) is 5.11 Å². The van der Waals surface area contributed by atoms with E-state index >= 15 is 0 Å². The average molecular weight is 195 g/mol. The molecule has 0 radical (unpaired) electrons. The van der Waals surface area contributed by atoms with Crippen molar-refractivity contribution in [3.8, 4) is 5.75 Å². The van der Waals surface area contributed by atoms with Crippen LogP contribution >= 0.6 is 12.6 Å². The summed E-state index contributed by atoms with van der Waals surface area (Å²) < 4.78 is 0. The Kier molecular flexibility index (Phi) is 3.37. The van der Waals surface area contributed by atoms with Crippen molar-refractivity contribution in [2.75, 3.05) is 0 Å². The number of aromatic nitrogens is 1. The molecule has 1 N–H and O–H groups in total. The van der Waals surface area contributed by atoms with Crippen molar-refractivity contribution in [2.45, 2.75) is 19.6 Å². The first-order valence-electron chi connectivity index (χ1n) is 4.11. The molecule has 13 heavy (non-hydrogen) atoms. The molecule has 1 aromatic heterocycles. The summed E-state index contributed by atoms with van der Waals surface area (Å²) in [7, 11) is 0. The molecular weight excluding hydrogens is 182 g/mol. The second-order valence-electron chi connectivity index (χ2n) is 2.78. The molecule has 2 nitrogen and oxygen atoms in total. The van der Waals surface area contributed by atoms with E-state index in [1.807, 2.05) is 19.1 Å². The van der Waals surface area contributed by atoms with Crippen LogP contribution in [0.25, 0.3) is 6.08 Å². The summed E-state index contributed by atoms with van der Waals surface area (Å²) >= 11 is 4.17. The Morgan fingerprint density at radius 1 is 1.62 bits per heavy atom. The van der Waals surface area contributed by atoms with Gasteiger partial charge in [0.1, 0.15) is 5.75 Å². The van der Waals surface area contributed by atoms with Gasteiger partial charge in [-0.15, -0.1) is 0 Å². The highest BCUT2D eigenvalue weighted by molar-refractivity contribution is 7.79. The number of rotatable bonds is 2. The third kappa shape index (κ3) is 2.04. The van der Waals surface area contributed by atoms with E-state index in [1.165, 1.54) is 0 Å². The molecule has 1 heterocycles. The Bertz CT molecular complexity index is 334. The van der Waals surface area contributed by atoms with Crippen LogP contribution in [0.4, 0.5) is 0 Å². The molecule has 3 heteroatoms. The van der Waals surface area contributed by atoms with Gasteiger partial charge in [0.15, 0.2) is 0 Å². The third-order valence-electron chi connectivity index (χ3n) is 1.88. The minimum absolute atomic E-state index is 0.255. The van der Waals surface area contributed by atoms with Crippen LogP contribution < -0.4 is 0 Å². The summed E-state index contributed by atoms with van der Waals surface area (Å²) in [4.78, 5) is 4.07. The van der Waals surface area contributed by atoms with Gasteiger partial charge in [0, 0.05) is 23.1 Å². The van der Waals surface area contributed by atoms with Gasteiger partial charge in [-0.3, -0.25) is 4.98 Å². The minimum Gasteiger partial charge on any atom is -0.506 e. The van der Waals surface area contributed by atoms with Crippen molar-refractivity contribution in [2.24, 2.45) is 0 Å². The highest BCUT2D eigenvalue weighted by atomic mass is 32.1. The molecule has 0 atom stereocenters. The molecule has 1 rings (SSSR count). The number of nitrogens with zero attached hydrogens (tertiary/aromatic N) is 1. The number of allylic oxidation sites excluding steroid dienone is 1. The van der Waals surface area contributed by atoms with Gasteiger partial charge in [-0.05, 0) is 13.8 Å². The Morgan fingerprint density at radius 3 is 2.85 bits per heavy atom. The van der Waals surface area contributed by atoms with E-state index in [4.69, 9.17) is 0 Å². The fourth-order valence-corrected chi connectivity index (χ4v) is 1.48.